The van der Waals surface area contributed by atoms with E-state index in [0.717, 1.165) is 0 Å². The second kappa shape index (κ2) is 3.40. The van der Waals surface area contributed by atoms with Crippen molar-refractivity contribution < 1.29 is 4.39 Å². The highest BCUT2D eigenvalue weighted by Gasteiger charge is 1.44. The van der Waals surface area contributed by atoms with Crippen molar-refractivity contribution in [3.8, 4) is 0 Å². The Morgan fingerprint density at radius 3 is 2.25 bits per heavy atom. The normalized spacial score (nSPS) is 9.50. The van der Waals surface area contributed by atoms with E-state index in [1.165, 1.54) is 10.4 Å². The van der Waals surface area contributed by atoms with Crippen molar-refractivity contribution >= 4 is 22.6 Å². The zero-order chi connectivity index (χ0) is 3.41. The van der Waals surface area contributed by atoms with E-state index in [1.807, 2.05) is 0 Å². The minimum Gasteiger partial charge on any atom is -0.203 e. The van der Waals surface area contributed by atoms with E-state index in [-0.39, 0.29) is 0 Å². The van der Waals surface area contributed by atoms with Gasteiger partial charge in [-0.3, -0.25) is 0 Å². The monoisotopic (exact) mass is 171 g/mol. The molecule has 1 radical (unpaired) electrons. The summed E-state index contributed by atoms with van der Waals surface area (Å²) >= 11 is 1.74. The fraction of sp³-hybridized carbons (Fsp3) is 0. The molecule has 0 spiro atoms. The van der Waals surface area contributed by atoms with Gasteiger partial charge in [-0.1, -0.05) is 0 Å². The number of rotatable bonds is 0. The summed E-state index contributed by atoms with van der Waals surface area (Å²) in [7, 11) is 0. The second-order valence-corrected chi connectivity index (χ2v) is 0.841. The summed E-state index contributed by atoms with van der Waals surface area (Å²) in [5, 5.41) is 0. The molecule has 0 bridgehead atoms. The van der Waals surface area contributed by atoms with E-state index in [1.54, 1.807) is 22.6 Å². The molecule has 0 saturated carbocycles. The Morgan fingerprint density at radius 1 is 2.00 bits per heavy atom. The smallest absolute Gasteiger partial charge is 0.165 e. The van der Waals surface area contributed by atoms with E-state index in [2.05, 4.69) is 0 Å². The Labute approximate surface area is 37.8 Å². The molecule has 0 amide bonds. The molecule has 0 nitrogen and oxygen atoms in total. The highest BCUT2D eigenvalue weighted by molar-refractivity contribution is 14.1. The van der Waals surface area contributed by atoms with Gasteiger partial charge in [-0.2, -0.15) is 0 Å². The van der Waals surface area contributed by atoms with Crippen LogP contribution in [0.3, 0.4) is 0 Å². The molecule has 0 aliphatic rings. The Balaban J connectivity index is 2.55. The van der Waals surface area contributed by atoms with Gasteiger partial charge in [0.1, 0.15) is 0 Å². The van der Waals surface area contributed by atoms with Gasteiger partial charge in [0.05, 0.1) is 0 Å². The van der Waals surface area contributed by atoms with E-state index in [0.29, 0.717) is 0 Å². The molecule has 0 saturated heterocycles. The van der Waals surface area contributed by atoms with Gasteiger partial charge < -0.3 is 0 Å². The molecular formula is C2HFI. The zero-order valence-corrected chi connectivity index (χ0v) is 3.99. The first-order valence-corrected chi connectivity index (χ1v) is 1.94. The topological polar surface area (TPSA) is 0 Å². The standard InChI is InChI=1S/C2HFI/c3-1-2-4/h2H. The lowest BCUT2D eigenvalue weighted by Gasteiger charge is -1.40. The van der Waals surface area contributed by atoms with Crippen molar-refractivity contribution in [3.05, 3.63) is 10.4 Å². The molecule has 0 aliphatic carbocycles. The fourth-order valence-electron chi connectivity index (χ4n) is 0. The first-order valence-electron chi connectivity index (χ1n) is 0.696. The third-order valence-corrected chi connectivity index (χ3v) is 0.277. The summed E-state index contributed by atoms with van der Waals surface area (Å²) in [5.74, 6) is 0. The summed E-state index contributed by atoms with van der Waals surface area (Å²) in [6, 6.07) is 0. The second-order valence-electron chi connectivity index (χ2n) is 0.218. The van der Waals surface area contributed by atoms with E-state index >= 15 is 0 Å². The predicted molar refractivity (Wildman–Crippen MR) is 22.9 cm³/mol. The van der Waals surface area contributed by atoms with E-state index in [4.69, 9.17) is 0 Å². The molecule has 23 valence electrons. The minimum absolute atomic E-state index is 1.18. The molecule has 0 rings (SSSR count). The summed E-state index contributed by atoms with van der Waals surface area (Å²) < 4.78 is 11.6. The average molecular weight is 171 g/mol. The highest BCUT2D eigenvalue weighted by Crippen LogP contribution is 1.79. The molecule has 0 aromatic carbocycles. The van der Waals surface area contributed by atoms with Gasteiger partial charge in [0.15, 0.2) is 6.33 Å². The van der Waals surface area contributed by atoms with Crippen LogP contribution in [0.5, 0.6) is 0 Å². The predicted octanol–water partition coefficient (Wildman–Crippen LogP) is 1.67. The van der Waals surface area contributed by atoms with Crippen LogP contribution in [0.1, 0.15) is 0 Å². The molecule has 0 fully saturated rings. The Morgan fingerprint density at radius 2 is 2.25 bits per heavy atom. The van der Waals surface area contributed by atoms with Crippen LogP contribution in [-0.4, -0.2) is 0 Å². The first-order chi connectivity index (χ1) is 1.91. The molecule has 0 atom stereocenters. The zero-order valence-electron chi connectivity index (χ0n) is 1.83. The van der Waals surface area contributed by atoms with Crippen LogP contribution in [0.15, 0.2) is 4.08 Å². The van der Waals surface area contributed by atoms with Crippen LogP contribution in [-0.2, 0) is 0 Å². The highest BCUT2D eigenvalue weighted by atomic mass is 127. The SMILES string of the molecule is F/[C]=C/I. The van der Waals surface area contributed by atoms with E-state index < -0.39 is 0 Å². The molecule has 0 aromatic heterocycles. The van der Waals surface area contributed by atoms with Crippen LogP contribution in [0.2, 0.25) is 0 Å². The van der Waals surface area contributed by atoms with Crippen LogP contribution >= 0.6 is 22.6 Å². The molecule has 0 heterocycles. The van der Waals surface area contributed by atoms with Crippen LogP contribution in [0, 0.1) is 6.33 Å². The van der Waals surface area contributed by atoms with Crippen LogP contribution in [0.25, 0.3) is 0 Å². The molecule has 0 aromatic rings. The summed E-state index contributed by atoms with van der Waals surface area (Å²) in [4.78, 5) is 0. The number of hydrogen-bond donors (Lipinski definition) is 0. The summed E-state index contributed by atoms with van der Waals surface area (Å²) in [5.41, 5.74) is 0. The lowest BCUT2D eigenvalue weighted by molar-refractivity contribution is 0.687. The van der Waals surface area contributed by atoms with Gasteiger partial charge in [-0.25, -0.2) is 4.39 Å². The summed E-state index contributed by atoms with van der Waals surface area (Å²) in [6.07, 6.45) is 1.29. The van der Waals surface area contributed by atoms with Gasteiger partial charge in [0, 0.05) is 4.08 Å². The minimum atomic E-state index is 1.18. The molecule has 4 heavy (non-hydrogen) atoms. The van der Waals surface area contributed by atoms with Crippen molar-refractivity contribution in [1.29, 1.82) is 0 Å². The lowest BCUT2D eigenvalue weighted by atomic mass is 11.2. The van der Waals surface area contributed by atoms with Gasteiger partial charge in [0.25, 0.3) is 0 Å². The van der Waals surface area contributed by atoms with Crippen LogP contribution in [0.4, 0.5) is 4.39 Å². The third kappa shape index (κ3) is 2.40. The van der Waals surface area contributed by atoms with Crippen molar-refractivity contribution in [2.24, 2.45) is 0 Å². The average Bonchev–Trinajstić information content (AvgIpc) is 1.37. The van der Waals surface area contributed by atoms with Crippen molar-refractivity contribution in [1.82, 2.24) is 0 Å². The van der Waals surface area contributed by atoms with Gasteiger partial charge >= 0.3 is 0 Å². The largest absolute Gasteiger partial charge is 0.203 e. The number of halogens is 2. The molecule has 0 N–H and O–H groups in total. The third-order valence-electron chi connectivity index (χ3n) is 0.0412. The van der Waals surface area contributed by atoms with Crippen molar-refractivity contribution in [2.45, 2.75) is 0 Å². The van der Waals surface area contributed by atoms with Crippen LogP contribution < -0.4 is 0 Å². The maximum absolute atomic E-state index is 10.4. The first kappa shape index (κ1) is 4.40. The fourth-order valence-corrected chi connectivity index (χ4v) is 0. The number of hydrogen-bond acceptors (Lipinski definition) is 0. The molecule has 0 unspecified atom stereocenters. The lowest BCUT2D eigenvalue weighted by Crippen LogP contribution is -1.16. The van der Waals surface area contributed by atoms with Crippen molar-refractivity contribution in [2.75, 3.05) is 0 Å². The molecular weight excluding hydrogens is 170 g/mol. The Hall–Kier alpha value is 0.400. The Bertz CT molecular complexity index is 21.2. The maximum Gasteiger partial charge on any atom is 0.165 e. The maximum atomic E-state index is 10.4. The molecule has 2 heteroatoms. The Kier molecular flexibility index (Phi) is 3.74. The van der Waals surface area contributed by atoms with Gasteiger partial charge in [-0.15, -0.1) is 0 Å². The van der Waals surface area contributed by atoms with Gasteiger partial charge in [-0.05, 0) is 22.6 Å². The summed E-state index contributed by atoms with van der Waals surface area (Å²) in [6.45, 7) is 0. The van der Waals surface area contributed by atoms with Gasteiger partial charge in [0.2, 0.25) is 0 Å². The van der Waals surface area contributed by atoms with E-state index in [9.17, 15) is 4.39 Å². The van der Waals surface area contributed by atoms with Crippen molar-refractivity contribution in [3.63, 3.8) is 0 Å². The molecule has 0 aliphatic heterocycles. The quantitative estimate of drug-likeness (QED) is 0.486.